The number of fused-ring (bicyclic) bond motifs is 1. The molecule has 0 saturated carbocycles. The number of benzene rings is 2. The number of furan rings is 1. The molecule has 110 valence electrons. The summed E-state index contributed by atoms with van der Waals surface area (Å²) >= 11 is 5.97. The Labute approximate surface area is 130 Å². The number of aromatic carboxylic acids is 1. The Hall–Kier alpha value is -2.79. The van der Waals surface area contributed by atoms with E-state index in [0.29, 0.717) is 11.0 Å². The summed E-state index contributed by atoms with van der Waals surface area (Å²) in [6.07, 6.45) is 0. The lowest BCUT2D eigenvalue weighted by atomic mass is 10.2. The molecule has 0 fully saturated rings. The molecule has 3 aromatic rings. The molecule has 0 spiro atoms. The van der Waals surface area contributed by atoms with Gasteiger partial charge in [0.1, 0.15) is 11.6 Å². The molecule has 1 heterocycles. The average Bonchev–Trinajstić information content (AvgIpc) is 2.87. The number of para-hydroxylation sites is 1. The van der Waals surface area contributed by atoms with Gasteiger partial charge in [0.15, 0.2) is 5.76 Å². The zero-order valence-corrected chi connectivity index (χ0v) is 11.9. The first kappa shape index (κ1) is 14.2. The highest BCUT2D eigenvalue weighted by atomic mass is 35.5. The van der Waals surface area contributed by atoms with Gasteiger partial charge in [-0.25, -0.2) is 0 Å². The monoisotopic (exact) mass is 314 g/mol. The summed E-state index contributed by atoms with van der Waals surface area (Å²) in [6, 6.07) is 13.1. The maximum atomic E-state index is 12.3. The second-order valence-electron chi connectivity index (χ2n) is 4.52. The number of carbonyl (C=O) groups is 2. The predicted octanol–water partition coefficient (Wildman–Crippen LogP) is 2.70. The number of nitrogens with one attached hydrogen (secondary N) is 1. The van der Waals surface area contributed by atoms with Crippen molar-refractivity contribution >= 4 is 40.1 Å². The van der Waals surface area contributed by atoms with Crippen LogP contribution in [0.2, 0.25) is 5.02 Å². The largest absolute Gasteiger partial charge is 0.541 e. The maximum absolute atomic E-state index is 12.3. The molecule has 1 aromatic heterocycles. The fourth-order valence-corrected chi connectivity index (χ4v) is 2.36. The quantitative estimate of drug-likeness (QED) is 0.805. The Morgan fingerprint density at radius 3 is 2.45 bits per heavy atom. The molecule has 1 amide bonds. The number of carboxylic acids is 1. The smallest absolute Gasteiger partial charge is 0.257 e. The van der Waals surface area contributed by atoms with Gasteiger partial charge in [-0.3, -0.25) is 4.79 Å². The molecule has 0 radical (unpaired) electrons. The van der Waals surface area contributed by atoms with Gasteiger partial charge in [0, 0.05) is 5.39 Å². The molecule has 0 aliphatic carbocycles. The normalized spacial score (nSPS) is 10.6. The molecule has 0 saturated heterocycles. The van der Waals surface area contributed by atoms with Crippen molar-refractivity contribution < 1.29 is 19.1 Å². The van der Waals surface area contributed by atoms with Crippen molar-refractivity contribution in [1.82, 2.24) is 0 Å². The van der Waals surface area contributed by atoms with Crippen LogP contribution in [0.1, 0.15) is 20.9 Å². The van der Waals surface area contributed by atoms with E-state index in [1.165, 1.54) is 0 Å². The summed E-state index contributed by atoms with van der Waals surface area (Å²) in [5.74, 6) is -2.47. The summed E-state index contributed by atoms with van der Waals surface area (Å²) < 4.78 is 5.22. The molecular formula is C16H9ClNO4-. The first-order valence-electron chi connectivity index (χ1n) is 6.36. The van der Waals surface area contributed by atoms with Gasteiger partial charge in [0.2, 0.25) is 0 Å². The van der Waals surface area contributed by atoms with Crippen molar-refractivity contribution in [2.45, 2.75) is 0 Å². The number of anilines is 1. The van der Waals surface area contributed by atoms with Crippen LogP contribution in [0.25, 0.3) is 11.0 Å². The summed E-state index contributed by atoms with van der Waals surface area (Å²) in [4.78, 5) is 23.5. The molecule has 1 N–H and O–H groups in total. The number of carboxylic acid groups (broad SMARTS) is 1. The molecule has 0 aliphatic rings. The van der Waals surface area contributed by atoms with Crippen LogP contribution in [0.3, 0.4) is 0 Å². The van der Waals surface area contributed by atoms with Crippen LogP contribution in [0.5, 0.6) is 0 Å². The topological polar surface area (TPSA) is 82.4 Å². The molecular weight excluding hydrogens is 306 g/mol. The van der Waals surface area contributed by atoms with Crippen molar-refractivity contribution in [3.8, 4) is 0 Å². The lowest BCUT2D eigenvalue weighted by Crippen LogP contribution is -2.24. The van der Waals surface area contributed by atoms with E-state index >= 15 is 0 Å². The number of amides is 1. The maximum Gasteiger partial charge on any atom is 0.257 e. The van der Waals surface area contributed by atoms with E-state index in [1.807, 2.05) is 0 Å². The van der Waals surface area contributed by atoms with E-state index in [4.69, 9.17) is 16.0 Å². The standard InChI is InChI=1S/C16H10ClNO4/c17-11-7-3-1-5-9(11)15(19)18-13-10-6-2-4-8-12(10)22-14(13)16(20)21/h1-8H,(H,18,19)(H,20,21)/p-1. The number of hydrogen-bond donors (Lipinski definition) is 1. The van der Waals surface area contributed by atoms with E-state index in [2.05, 4.69) is 5.32 Å². The van der Waals surface area contributed by atoms with Gasteiger partial charge in [0.05, 0.1) is 16.3 Å². The molecule has 3 rings (SSSR count). The van der Waals surface area contributed by atoms with E-state index in [0.717, 1.165) is 0 Å². The number of carbonyl (C=O) groups excluding carboxylic acids is 2. The summed E-state index contributed by atoms with van der Waals surface area (Å²) in [5.41, 5.74) is 0.635. The van der Waals surface area contributed by atoms with Crippen LogP contribution in [-0.4, -0.2) is 11.9 Å². The van der Waals surface area contributed by atoms with Crippen LogP contribution in [0, 0.1) is 0 Å². The first-order valence-corrected chi connectivity index (χ1v) is 6.74. The lowest BCUT2D eigenvalue weighted by Gasteiger charge is -2.07. The minimum absolute atomic E-state index is 0.0560. The van der Waals surface area contributed by atoms with Crippen molar-refractivity contribution in [2.75, 3.05) is 5.32 Å². The minimum atomic E-state index is -1.51. The van der Waals surface area contributed by atoms with E-state index in [-0.39, 0.29) is 16.3 Å². The molecule has 0 unspecified atom stereocenters. The zero-order chi connectivity index (χ0) is 15.7. The fourth-order valence-electron chi connectivity index (χ4n) is 2.14. The van der Waals surface area contributed by atoms with Gasteiger partial charge >= 0.3 is 0 Å². The minimum Gasteiger partial charge on any atom is -0.541 e. The summed E-state index contributed by atoms with van der Waals surface area (Å²) in [5, 5.41) is 14.5. The van der Waals surface area contributed by atoms with Crippen molar-refractivity contribution in [3.63, 3.8) is 0 Å². The average molecular weight is 315 g/mol. The molecule has 5 nitrogen and oxygen atoms in total. The molecule has 0 aliphatic heterocycles. The summed E-state index contributed by atoms with van der Waals surface area (Å²) in [6.45, 7) is 0. The van der Waals surface area contributed by atoms with Crippen LogP contribution >= 0.6 is 11.6 Å². The first-order chi connectivity index (χ1) is 10.6. The summed E-state index contributed by atoms with van der Waals surface area (Å²) in [7, 11) is 0. The Morgan fingerprint density at radius 1 is 1.05 bits per heavy atom. The Balaban J connectivity index is 2.07. The highest BCUT2D eigenvalue weighted by Crippen LogP contribution is 2.31. The predicted molar refractivity (Wildman–Crippen MR) is 79.9 cm³/mol. The third kappa shape index (κ3) is 2.42. The van der Waals surface area contributed by atoms with Gasteiger partial charge in [-0.05, 0) is 24.3 Å². The van der Waals surface area contributed by atoms with E-state index in [9.17, 15) is 14.7 Å². The number of hydrogen-bond acceptors (Lipinski definition) is 4. The molecule has 0 atom stereocenters. The lowest BCUT2D eigenvalue weighted by molar-refractivity contribution is -0.256. The SMILES string of the molecule is O=C(Nc1c(C(=O)[O-])oc2ccccc12)c1ccccc1Cl. The van der Waals surface area contributed by atoms with Gasteiger partial charge in [0.25, 0.3) is 5.91 Å². The number of halogens is 1. The molecule has 0 bridgehead atoms. The molecule has 6 heteroatoms. The van der Waals surface area contributed by atoms with Gasteiger partial charge in [-0.1, -0.05) is 35.9 Å². The van der Waals surface area contributed by atoms with E-state index < -0.39 is 17.6 Å². The highest BCUT2D eigenvalue weighted by Gasteiger charge is 2.18. The molecule has 2 aromatic carbocycles. The van der Waals surface area contributed by atoms with Crippen LogP contribution < -0.4 is 10.4 Å². The van der Waals surface area contributed by atoms with Gasteiger partial charge < -0.3 is 19.6 Å². The van der Waals surface area contributed by atoms with Crippen molar-refractivity contribution in [1.29, 1.82) is 0 Å². The second kappa shape index (κ2) is 5.54. The van der Waals surface area contributed by atoms with Crippen molar-refractivity contribution in [3.05, 3.63) is 64.9 Å². The Bertz CT molecular complexity index is 885. The highest BCUT2D eigenvalue weighted by molar-refractivity contribution is 6.34. The Morgan fingerprint density at radius 2 is 1.73 bits per heavy atom. The Kier molecular flexibility index (Phi) is 3.56. The zero-order valence-electron chi connectivity index (χ0n) is 11.1. The van der Waals surface area contributed by atoms with Crippen molar-refractivity contribution in [2.24, 2.45) is 0 Å². The third-order valence-corrected chi connectivity index (χ3v) is 3.47. The van der Waals surface area contributed by atoms with Crippen LogP contribution in [-0.2, 0) is 0 Å². The van der Waals surface area contributed by atoms with E-state index in [1.54, 1.807) is 48.5 Å². The van der Waals surface area contributed by atoms with Crippen LogP contribution in [0.15, 0.2) is 52.9 Å². The van der Waals surface area contributed by atoms with Gasteiger partial charge in [-0.15, -0.1) is 0 Å². The fraction of sp³-hybridized carbons (Fsp3) is 0. The second-order valence-corrected chi connectivity index (χ2v) is 4.93. The third-order valence-electron chi connectivity index (χ3n) is 3.14. The van der Waals surface area contributed by atoms with Crippen LogP contribution in [0.4, 0.5) is 5.69 Å². The van der Waals surface area contributed by atoms with Gasteiger partial charge in [-0.2, -0.15) is 0 Å². The number of rotatable bonds is 3. The molecule has 22 heavy (non-hydrogen) atoms.